The van der Waals surface area contributed by atoms with Crippen LogP contribution in [-0.2, 0) is 11.2 Å². The Morgan fingerprint density at radius 1 is 1.32 bits per heavy atom. The Hall–Kier alpha value is -1.39. The maximum Gasteiger partial charge on any atom is 0.237 e. The lowest BCUT2D eigenvalue weighted by molar-refractivity contribution is -0.125. The molecule has 0 heterocycles. The van der Waals surface area contributed by atoms with E-state index in [1.807, 2.05) is 51.1 Å². The molecule has 0 radical (unpaired) electrons. The average Bonchev–Trinajstić information content (AvgIpc) is 2.37. The Labute approximate surface area is 115 Å². The molecule has 2 unspecified atom stereocenters. The predicted octanol–water partition coefficient (Wildman–Crippen LogP) is 1.08. The summed E-state index contributed by atoms with van der Waals surface area (Å²) in [4.78, 5) is 12.0. The first-order valence-electron chi connectivity index (χ1n) is 6.55. The Morgan fingerprint density at radius 3 is 2.37 bits per heavy atom. The highest BCUT2D eigenvalue weighted by atomic mass is 16.3. The molecule has 0 aromatic heterocycles. The van der Waals surface area contributed by atoms with Crippen LogP contribution >= 0.6 is 0 Å². The number of benzene rings is 1. The summed E-state index contributed by atoms with van der Waals surface area (Å²) in [6.45, 7) is 5.66. The van der Waals surface area contributed by atoms with Crippen LogP contribution in [0.3, 0.4) is 0 Å². The Morgan fingerprint density at radius 2 is 1.89 bits per heavy atom. The van der Waals surface area contributed by atoms with Gasteiger partial charge in [0.05, 0.1) is 18.7 Å². The molecule has 4 N–H and O–H groups in total. The van der Waals surface area contributed by atoms with Crippen molar-refractivity contribution in [3.05, 3.63) is 35.9 Å². The number of hydrogen-bond donors (Lipinski definition) is 3. The van der Waals surface area contributed by atoms with Crippen LogP contribution in [0.1, 0.15) is 26.3 Å². The maximum absolute atomic E-state index is 12.0. The lowest BCUT2D eigenvalue weighted by atomic mass is 9.86. The number of nitrogens with two attached hydrogens (primary N) is 1. The molecule has 0 saturated carbocycles. The SMILES string of the molecule is CC(C)(C)C(N)C(=O)NC(CO)Cc1ccccc1. The summed E-state index contributed by atoms with van der Waals surface area (Å²) >= 11 is 0. The Kier molecular flexibility index (Phi) is 5.51. The first-order valence-corrected chi connectivity index (χ1v) is 6.55. The average molecular weight is 264 g/mol. The predicted molar refractivity (Wildman–Crippen MR) is 76.6 cm³/mol. The lowest BCUT2D eigenvalue weighted by Gasteiger charge is -2.28. The van der Waals surface area contributed by atoms with E-state index in [-0.39, 0.29) is 24.0 Å². The summed E-state index contributed by atoms with van der Waals surface area (Å²) in [6.07, 6.45) is 0.597. The first kappa shape index (κ1) is 15.7. The normalized spacial score (nSPS) is 14.8. The van der Waals surface area contributed by atoms with E-state index in [0.29, 0.717) is 6.42 Å². The first-order chi connectivity index (χ1) is 8.84. The van der Waals surface area contributed by atoms with Gasteiger partial charge in [0.25, 0.3) is 0 Å². The molecular weight excluding hydrogens is 240 g/mol. The summed E-state index contributed by atoms with van der Waals surface area (Å²) in [7, 11) is 0. The van der Waals surface area contributed by atoms with E-state index in [1.54, 1.807) is 0 Å². The molecule has 1 aromatic rings. The van der Waals surface area contributed by atoms with E-state index in [1.165, 1.54) is 0 Å². The van der Waals surface area contributed by atoms with Crippen molar-refractivity contribution in [2.24, 2.45) is 11.1 Å². The van der Waals surface area contributed by atoms with Gasteiger partial charge in [0.1, 0.15) is 0 Å². The quantitative estimate of drug-likeness (QED) is 0.745. The number of amides is 1. The molecule has 0 aliphatic heterocycles. The van der Waals surface area contributed by atoms with E-state index in [9.17, 15) is 9.90 Å². The molecule has 0 saturated heterocycles. The van der Waals surface area contributed by atoms with Gasteiger partial charge in [0.15, 0.2) is 0 Å². The van der Waals surface area contributed by atoms with Gasteiger partial charge in [-0.15, -0.1) is 0 Å². The third-order valence-corrected chi connectivity index (χ3v) is 3.11. The standard InChI is InChI=1S/C15H24N2O2/c1-15(2,3)13(16)14(19)17-12(10-18)9-11-7-5-4-6-8-11/h4-8,12-13,18H,9-10,16H2,1-3H3,(H,17,19). The van der Waals surface area contributed by atoms with Gasteiger partial charge in [0, 0.05) is 0 Å². The van der Waals surface area contributed by atoms with Crippen LogP contribution in [0.5, 0.6) is 0 Å². The number of aliphatic hydroxyl groups excluding tert-OH is 1. The molecule has 0 fully saturated rings. The van der Waals surface area contributed by atoms with Crippen LogP contribution in [0, 0.1) is 5.41 Å². The van der Waals surface area contributed by atoms with Gasteiger partial charge in [-0.05, 0) is 17.4 Å². The summed E-state index contributed by atoms with van der Waals surface area (Å²) < 4.78 is 0. The second-order valence-electron chi connectivity index (χ2n) is 5.92. The van der Waals surface area contributed by atoms with Crippen molar-refractivity contribution in [1.82, 2.24) is 5.32 Å². The lowest BCUT2D eigenvalue weighted by Crippen LogP contribution is -2.52. The molecule has 106 valence electrons. The van der Waals surface area contributed by atoms with Gasteiger partial charge < -0.3 is 16.2 Å². The van der Waals surface area contributed by atoms with Crippen LogP contribution in [-0.4, -0.2) is 29.7 Å². The second-order valence-corrected chi connectivity index (χ2v) is 5.92. The number of carbonyl (C=O) groups is 1. The topological polar surface area (TPSA) is 75.4 Å². The third kappa shape index (κ3) is 5.01. The molecule has 2 atom stereocenters. The molecule has 0 bridgehead atoms. The van der Waals surface area contributed by atoms with Crippen molar-refractivity contribution in [1.29, 1.82) is 0 Å². The molecule has 4 heteroatoms. The largest absolute Gasteiger partial charge is 0.394 e. The number of rotatable bonds is 5. The van der Waals surface area contributed by atoms with Crippen molar-refractivity contribution in [3.8, 4) is 0 Å². The molecular formula is C15H24N2O2. The molecule has 0 spiro atoms. The fraction of sp³-hybridized carbons (Fsp3) is 0.533. The number of aliphatic hydroxyl groups is 1. The van der Waals surface area contributed by atoms with Crippen LogP contribution in [0.2, 0.25) is 0 Å². The zero-order valence-corrected chi connectivity index (χ0v) is 11.9. The monoisotopic (exact) mass is 264 g/mol. The van der Waals surface area contributed by atoms with E-state index in [2.05, 4.69) is 5.32 Å². The van der Waals surface area contributed by atoms with Crippen LogP contribution < -0.4 is 11.1 Å². The zero-order valence-electron chi connectivity index (χ0n) is 11.9. The fourth-order valence-corrected chi connectivity index (χ4v) is 1.74. The molecule has 0 aliphatic carbocycles. The molecule has 1 aromatic carbocycles. The summed E-state index contributed by atoms with van der Waals surface area (Å²) in [5.41, 5.74) is 6.68. The van der Waals surface area contributed by atoms with Crippen molar-refractivity contribution in [3.63, 3.8) is 0 Å². The summed E-state index contributed by atoms with van der Waals surface area (Å²) in [6, 6.07) is 8.86. The van der Waals surface area contributed by atoms with Gasteiger partial charge in [0.2, 0.25) is 5.91 Å². The molecule has 4 nitrogen and oxygen atoms in total. The van der Waals surface area contributed by atoms with Gasteiger partial charge in [-0.25, -0.2) is 0 Å². The molecule has 0 aliphatic rings. The van der Waals surface area contributed by atoms with Crippen molar-refractivity contribution in [2.75, 3.05) is 6.61 Å². The smallest absolute Gasteiger partial charge is 0.237 e. The van der Waals surface area contributed by atoms with Gasteiger partial charge >= 0.3 is 0 Å². The summed E-state index contributed by atoms with van der Waals surface area (Å²) in [5, 5.41) is 12.2. The van der Waals surface area contributed by atoms with E-state index < -0.39 is 6.04 Å². The number of carbonyl (C=O) groups excluding carboxylic acids is 1. The van der Waals surface area contributed by atoms with Crippen LogP contribution in [0.4, 0.5) is 0 Å². The highest BCUT2D eigenvalue weighted by molar-refractivity contribution is 5.82. The summed E-state index contributed by atoms with van der Waals surface area (Å²) in [5.74, 6) is -0.220. The van der Waals surface area contributed by atoms with Crippen molar-refractivity contribution in [2.45, 2.75) is 39.3 Å². The zero-order chi connectivity index (χ0) is 14.5. The maximum atomic E-state index is 12.0. The Balaban J connectivity index is 2.60. The van der Waals surface area contributed by atoms with Crippen LogP contribution in [0.15, 0.2) is 30.3 Å². The number of hydrogen-bond acceptors (Lipinski definition) is 3. The molecule has 1 amide bonds. The van der Waals surface area contributed by atoms with Crippen molar-refractivity contribution < 1.29 is 9.90 Å². The number of nitrogens with one attached hydrogen (secondary N) is 1. The van der Waals surface area contributed by atoms with Crippen molar-refractivity contribution >= 4 is 5.91 Å². The minimum absolute atomic E-state index is 0.0997. The highest BCUT2D eigenvalue weighted by Crippen LogP contribution is 2.17. The second kappa shape index (κ2) is 6.68. The third-order valence-electron chi connectivity index (χ3n) is 3.11. The highest BCUT2D eigenvalue weighted by Gasteiger charge is 2.28. The molecule has 1 rings (SSSR count). The van der Waals surface area contributed by atoms with Crippen LogP contribution in [0.25, 0.3) is 0 Å². The fourth-order valence-electron chi connectivity index (χ4n) is 1.74. The molecule has 19 heavy (non-hydrogen) atoms. The van der Waals surface area contributed by atoms with Gasteiger partial charge in [-0.1, -0.05) is 51.1 Å². The van der Waals surface area contributed by atoms with E-state index >= 15 is 0 Å². The minimum atomic E-state index is -0.586. The van der Waals surface area contributed by atoms with Gasteiger partial charge in [-0.3, -0.25) is 4.79 Å². The van der Waals surface area contributed by atoms with E-state index in [0.717, 1.165) is 5.56 Å². The van der Waals surface area contributed by atoms with E-state index in [4.69, 9.17) is 5.73 Å². The minimum Gasteiger partial charge on any atom is -0.394 e. The Bertz CT molecular complexity index is 398. The van der Waals surface area contributed by atoms with Gasteiger partial charge in [-0.2, -0.15) is 0 Å².